The van der Waals surface area contributed by atoms with Crippen LogP contribution in [0.3, 0.4) is 0 Å². The largest absolute Gasteiger partial charge is 0.496 e. The Morgan fingerprint density at radius 3 is 2.54 bits per heavy atom. The Hall–Kier alpha value is -4.37. The van der Waals surface area contributed by atoms with E-state index in [1.54, 1.807) is 44.4 Å². The molecule has 41 heavy (non-hydrogen) atoms. The molecule has 0 unspecified atom stereocenters. The molecule has 0 bridgehead atoms. The molecule has 1 aromatic heterocycles. The number of para-hydroxylation sites is 1. The van der Waals surface area contributed by atoms with Crippen LogP contribution in [0.4, 0.5) is 0 Å². The second kappa shape index (κ2) is 12.4. The Balaban J connectivity index is 1.90. The van der Waals surface area contributed by atoms with Gasteiger partial charge in [-0.05, 0) is 79.8 Å². The maximum atomic E-state index is 13.7. The van der Waals surface area contributed by atoms with E-state index < -0.39 is 12.1 Å². The van der Waals surface area contributed by atoms with Crippen molar-refractivity contribution in [3.8, 4) is 28.6 Å². The molecule has 214 valence electrons. The van der Waals surface area contributed by atoms with Gasteiger partial charge in [0.1, 0.15) is 5.75 Å². The van der Waals surface area contributed by atoms with Gasteiger partial charge in [-0.15, -0.1) is 0 Å². The van der Waals surface area contributed by atoms with Crippen molar-refractivity contribution in [3.63, 3.8) is 0 Å². The van der Waals surface area contributed by atoms with Gasteiger partial charge in [0.15, 0.2) is 23.4 Å². The van der Waals surface area contributed by atoms with E-state index >= 15 is 0 Å². The van der Waals surface area contributed by atoms with Gasteiger partial charge in [0.2, 0.25) is 0 Å². The van der Waals surface area contributed by atoms with Gasteiger partial charge in [0.25, 0.3) is 5.56 Å². The second-order valence-corrected chi connectivity index (χ2v) is 10.1. The zero-order valence-corrected chi connectivity index (χ0v) is 24.5. The average Bonchev–Trinajstić information content (AvgIpc) is 2.93. The van der Waals surface area contributed by atoms with Gasteiger partial charge >= 0.3 is 5.97 Å². The summed E-state index contributed by atoms with van der Waals surface area (Å²) in [4.78, 5) is 29.9. The smallest absolute Gasteiger partial charge is 0.344 e. The predicted molar refractivity (Wildman–Crippen MR) is 160 cm³/mol. The summed E-state index contributed by atoms with van der Waals surface area (Å²) in [6.45, 7) is 9.55. The number of aromatic nitrogens is 2. The van der Waals surface area contributed by atoms with Crippen molar-refractivity contribution in [2.45, 2.75) is 46.6 Å². The van der Waals surface area contributed by atoms with Crippen LogP contribution in [0.2, 0.25) is 5.02 Å². The molecule has 0 fully saturated rings. The summed E-state index contributed by atoms with van der Waals surface area (Å²) in [6, 6.07) is 14.2. The Kier molecular flexibility index (Phi) is 8.98. The van der Waals surface area contributed by atoms with Gasteiger partial charge in [0.05, 0.1) is 35.9 Å². The van der Waals surface area contributed by atoms with Gasteiger partial charge in [-0.1, -0.05) is 37.6 Å². The minimum absolute atomic E-state index is 0.112. The summed E-state index contributed by atoms with van der Waals surface area (Å²) in [7, 11) is 1.63. The van der Waals surface area contributed by atoms with E-state index in [4.69, 9.17) is 30.8 Å². The van der Waals surface area contributed by atoms with Gasteiger partial charge in [-0.3, -0.25) is 4.79 Å². The molecule has 0 aliphatic heterocycles. The molecule has 0 amide bonds. The van der Waals surface area contributed by atoms with Crippen molar-refractivity contribution in [1.82, 2.24) is 9.66 Å². The quantitative estimate of drug-likeness (QED) is 0.220. The maximum absolute atomic E-state index is 13.7. The number of fused-ring (bicyclic) bond motifs is 1. The van der Waals surface area contributed by atoms with E-state index in [2.05, 4.69) is 18.9 Å². The SMILES string of the molecule is CCOc1cc(C=Nn2c(-c3cc(C(C)C)c(OC)cc3C)nc3ccccc3c2=O)cc(Cl)c1O[C@H](C)C(=O)O. The third-order valence-corrected chi connectivity index (χ3v) is 6.77. The van der Waals surface area contributed by atoms with Crippen LogP contribution in [0.5, 0.6) is 17.2 Å². The van der Waals surface area contributed by atoms with Gasteiger partial charge in [0, 0.05) is 5.56 Å². The molecule has 0 saturated carbocycles. The van der Waals surface area contributed by atoms with Crippen molar-refractivity contribution >= 4 is 34.7 Å². The number of methoxy groups -OCH3 is 1. The van der Waals surface area contributed by atoms with E-state index in [1.807, 2.05) is 25.1 Å². The third-order valence-electron chi connectivity index (χ3n) is 6.49. The molecule has 1 atom stereocenters. The number of carboxylic acid groups (broad SMARTS) is 1. The van der Waals surface area contributed by atoms with Crippen LogP contribution in [-0.2, 0) is 4.79 Å². The van der Waals surface area contributed by atoms with Crippen molar-refractivity contribution in [2.24, 2.45) is 5.10 Å². The molecule has 10 heteroatoms. The van der Waals surface area contributed by atoms with Crippen molar-refractivity contribution in [2.75, 3.05) is 13.7 Å². The standard InChI is InChI=1S/C31H32ClN3O6/c1-7-40-27-14-20(13-24(32)28(27)41-19(5)31(37)38)16-33-35-29(34-25-11-9-8-10-21(25)30(35)36)23-15-22(17(2)3)26(39-6)12-18(23)4/h8-17,19H,7H2,1-6H3,(H,37,38)/t19-/m1/s1. The lowest BCUT2D eigenvalue weighted by atomic mass is 9.96. The molecule has 0 aliphatic rings. The molecule has 3 aromatic carbocycles. The summed E-state index contributed by atoms with van der Waals surface area (Å²) in [5, 5.41) is 14.4. The molecular weight excluding hydrogens is 546 g/mol. The van der Waals surface area contributed by atoms with Gasteiger partial charge < -0.3 is 19.3 Å². The number of rotatable bonds is 10. The van der Waals surface area contributed by atoms with Gasteiger partial charge in [-0.25, -0.2) is 9.78 Å². The lowest BCUT2D eigenvalue weighted by Crippen LogP contribution is -2.23. The predicted octanol–water partition coefficient (Wildman–Crippen LogP) is 6.29. The monoisotopic (exact) mass is 577 g/mol. The van der Waals surface area contributed by atoms with Crippen molar-refractivity contribution in [3.05, 3.63) is 80.6 Å². The summed E-state index contributed by atoms with van der Waals surface area (Å²) in [5.74, 6) is 0.527. The van der Waals surface area contributed by atoms with E-state index in [-0.39, 0.29) is 28.0 Å². The molecule has 0 aliphatic carbocycles. The molecule has 4 rings (SSSR count). The highest BCUT2D eigenvalue weighted by Gasteiger charge is 2.21. The van der Waals surface area contributed by atoms with E-state index in [0.717, 1.165) is 22.4 Å². The normalized spacial score (nSPS) is 12.2. The minimum atomic E-state index is -1.14. The number of carbonyl (C=O) groups is 1. The first-order chi connectivity index (χ1) is 19.5. The van der Waals surface area contributed by atoms with Crippen LogP contribution < -0.4 is 19.8 Å². The maximum Gasteiger partial charge on any atom is 0.344 e. The number of hydrogen-bond acceptors (Lipinski definition) is 7. The topological polar surface area (TPSA) is 112 Å². The number of ether oxygens (including phenoxy) is 3. The number of carboxylic acids is 1. The van der Waals surface area contributed by atoms with Crippen molar-refractivity contribution in [1.29, 1.82) is 0 Å². The highest BCUT2D eigenvalue weighted by atomic mass is 35.5. The zero-order valence-electron chi connectivity index (χ0n) is 23.8. The molecule has 0 radical (unpaired) electrons. The van der Waals surface area contributed by atoms with Crippen LogP contribution in [0.25, 0.3) is 22.3 Å². The molecule has 0 saturated heterocycles. The molecular formula is C31H32ClN3O6. The number of benzene rings is 3. The molecule has 1 heterocycles. The van der Waals surface area contributed by atoms with Crippen LogP contribution in [-0.4, -0.2) is 46.8 Å². The van der Waals surface area contributed by atoms with Crippen molar-refractivity contribution < 1.29 is 24.1 Å². The minimum Gasteiger partial charge on any atom is -0.496 e. The Morgan fingerprint density at radius 1 is 1.15 bits per heavy atom. The van der Waals surface area contributed by atoms with Crippen LogP contribution >= 0.6 is 11.6 Å². The molecule has 4 aromatic rings. The Bertz CT molecular complexity index is 1700. The van der Waals surface area contributed by atoms with Crippen LogP contribution in [0, 0.1) is 6.92 Å². The number of aliphatic carboxylic acids is 1. The molecule has 9 nitrogen and oxygen atoms in total. The Morgan fingerprint density at radius 2 is 1.88 bits per heavy atom. The summed E-state index contributed by atoms with van der Waals surface area (Å²) >= 11 is 6.48. The number of hydrogen-bond donors (Lipinski definition) is 1. The fraction of sp³-hybridized carbons (Fsp3) is 0.290. The second-order valence-electron chi connectivity index (χ2n) is 9.74. The number of nitrogens with zero attached hydrogens (tertiary/aromatic N) is 3. The number of halogens is 1. The lowest BCUT2D eigenvalue weighted by Gasteiger charge is -2.18. The zero-order chi connectivity index (χ0) is 29.8. The van der Waals surface area contributed by atoms with E-state index in [1.165, 1.54) is 17.8 Å². The lowest BCUT2D eigenvalue weighted by molar-refractivity contribution is -0.144. The highest BCUT2D eigenvalue weighted by molar-refractivity contribution is 6.32. The fourth-order valence-corrected chi connectivity index (χ4v) is 4.63. The highest BCUT2D eigenvalue weighted by Crippen LogP contribution is 2.37. The van der Waals surface area contributed by atoms with Crippen LogP contribution in [0.1, 0.15) is 50.3 Å². The molecule has 1 N–H and O–H groups in total. The summed E-state index contributed by atoms with van der Waals surface area (Å²) in [5.41, 5.74) is 3.31. The number of aryl methyl sites for hydroxylation is 1. The first kappa shape index (κ1) is 29.6. The van der Waals surface area contributed by atoms with E-state index in [0.29, 0.717) is 28.9 Å². The van der Waals surface area contributed by atoms with Crippen LogP contribution in [0.15, 0.2) is 58.4 Å². The molecule has 0 spiro atoms. The van der Waals surface area contributed by atoms with Gasteiger partial charge in [-0.2, -0.15) is 9.78 Å². The third kappa shape index (κ3) is 6.20. The fourth-order valence-electron chi connectivity index (χ4n) is 4.36. The Labute approximate surface area is 243 Å². The summed E-state index contributed by atoms with van der Waals surface area (Å²) < 4.78 is 18.1. The summed E-state index contributed by atoms with van der Waals surface area (Å²) in [6.07, 6.45) is 0.335. The first-order valence-corrected chi connectivity index (χ1v) is 13.5. The first-order valence-electron chi connectivity index (χ1n) is 13.2. The average molecular weight is 578 g/mol. The van der Waals surface area contributed by atoms with E-state index in [9.17, 15) is 14.7 Å².